The molecule has 0 amide bonds. The molecule has 0 saturated carbocycles. The number of benzene rings is 2. The van der Waals surface area contributed by atoms with Gasteiger partial charge in [0.2, 0.25) is 0 Å². The van der Waals surface area contributed by atoms with Crippen LogP contribution in [0.1, 0.15) is 16.7 Å². The molecule has 1 nitrogen and oxygen atoms in total. The molecule has 2 aromatic rings. The Bertz CT molecular complexity index is 587. The smallest absolute Gasteiger partial charge is 0.0243 e. The third-order valence-electron chi connectivity index (χ3n) is 3.99. The molecule has 0 aliphatic carbocycles. The Kier molecular flexibility index (Phi) is 3.46. The summed E-state index contributed by atoms with van der Waals surface area (Å²) < 4.78 is 1.16. The summed E-state index contributed by atoms with van der Waals surface area (Å²) in [5, 5.41) is 3.44. The molecule has 2 aromatic carbocycles. The van der Waals surface area contributed by atoms with Crippen molar-refractivity contribution in [2.75, 3.05) is 13.1 Å². The molecule has 1 aliphatic heterocycles. The van der Waals surface area contributed by atoms with Gasteiger partial charge in [-0.25, -0.2) is 0 Å². The average molecular weight is 316 g/mol. The molecule has 0 atom stereocenters. The van der Waals surface area contributed by atoms with Crippen LogP contribution >= 0.6 is 15.9 Å². The summed E-state index contributed by atoms with van der Waals surface area (Å²) in [6.45, 7) is 4.31. The third kappa shape index (κ3) is 2.60. The van der Waals surface area contributed by atoms with Gasteiger partial charge in [0.05, 0.1) is 0 Å². The SMILES string of the molecule is Cc1cccc(C2(Cc3cccc(Br)c3)CNC2)c1. The van der Waals surface area contributed by atoms with Crippen molar-refractivity contribution in [1.29, 1.82) is 0 Å². The van der Waals surface area contributed by atoms with Crippen molar-refractivity contribution in [1.82, 2.24) is 5.32 Å². The van der Waals surface area contributed by atoms with Gasteiger partial charge in [-0.2, -0.15) is 0 Å². The summed E-state index contributed by atoms with van der Waals surface area (Å²) in [6, 6.07) is 17.6. The lowest BCUT2D eigenvalue weighted by molar-refractivity contribution is 0.274. The highest BCUT2D eigenvalue weighted by molar-refractivity contribution is 9.10. The Labute approximate surface area is 123 Å². The van der Waals surface area contributed by atoms with E-state index in [0.717, 1.165) is 24.0 Å². The van der Waals surface area contributed by atoms with Crippen molar-refractivity contribution in [2.24, 2.45) is 0 Å². The molecule has 1 fully saturated rings. The van der Waals surface area contributed by atoms with Crippen molar-refractivity contribution >= 4 is 15.9 Å². The van der Waals surface area contributed by atoms with Crippen molar-refractivity contribution in [3.8, 4) is 0 Å². The first-order valence-electron chi connectivity index (χ1n) is 6.70. The van der Waals surface area contributed by atoms with Crippen LogP contribution in [0.3, 0.4) is 0 Å². The number of rotatable bonds is 3. The number of aryl methyl sites for hydroxylation is 1. The molecule has 1 aliphatic rings. The molecule has 1 N–H and O–H groups in total. The van der Waals surface area contributed by atoms with E-state index < -0.39 is 0 Å². The Morgan fingerprint density at radius 2 is 1.89 bits per heavy atom. The molecule has 0 bridgehead atoms. The van der Waals surface area contributed by atoms with Crippen molar-refractivity contribution in [3.05, 3.63) is 69.7 Å². The second-order valence-electron chi connectivity index (χ2n) is 5.56. The summed E-state index contributed by atoms with van der Waals surface area (Å²) in [5.74, 6) is 0. The van der Waals surface area contributed by atoms with Crippen molar-refractivity contribution in [3.63, 3.8) is 0 Å². The molecule has 0 spiro atoms. The predicted octanol–water partition coefficient (Wildman–Crippen LogP) is 3.84. The van der Waals surface area contributed by atoms with Crippen LogP contribution in [0.2, 0.25) is 0 Å². The number of hydrogen-bond acceptors (Lipinski definition) is 1. The molecule has 0 unspecified atom stereocenters. The minimum Gasteiger partial charge on any atom is -0.315 e. The van der Waals surface area contributed by atoms with Crippen molar-refractivity contribution < 1.29 is 0 Å². The van der Waals surface area contributed by atoms with Crippen LogP contribution in [0.15, 0.2) is 53.0 Å². The average Bonchev–Trinajstić information content (AvgIpc) is 2.34. The largest absolute Gasteiger partial charge is 0.315 e. The fourth-order valence-electron chi connectivity index (χ4n) is 2.87. The Morgan fingerprint density at radius 3 is 2.53 bits per heavy atom. The van der Waals surface area contributed by atoms with Gasteiger partial charge in [0, 0.05) is 23.0 Å². The first-order valence-corrected chi connectivity index (χ1v) is 7.50. The van der Waals surface area contributed by atoms with E-state index in [2.05, 4.69) is 76.7 Å². The zero-order valence-corrected chi connectivity index (χ0v) is 12.7. The van der Waals surface area contributed by atoms with E-state index in [4.69, 9.17) is 0 Å². The van der Waals surface area contributed by atoms with Crippen LogP contribution in [0.5, 0.6) is 0 Å². The fourth-order valence-corrected chi connectivity index (χ4v) is 3.32. The normalized spacial score (nSPS) is 16.9. The number of halogens is 1. The zero-order chi connectivity index (χ0) is 13.3. The number of nitrogens with one attached hydrogen (secondary N) is 1. The van der Waals surface area contributed by atoms with Crippen LogP contribution in [-0.2, 0) is 11.8 Å². The van der Waals surface area contributed by atoms with E-state index in [9.17, 15) is 0 Å². The molecule has 1 heterocycles. The molecule has 3 rings (SSSR count). The molecular formula is C17H18BrN. The van der Waals surface area contributed by atoms with Crippen LogP contribution in [0.25, 0.3) is 0 Å². The lowest BCUT2D eigenvalue weighted by atomic mass is 9.71. The van der Waals surface area contributed by atoms with Gasteiger partial charge >= 0.3 is 0 Å². The van der Waals surface area contributed by atoms with E-state index in [1.807, 2.05) is 0 Å². The second-order valence-corrected chi connectivity index (χ2v) is 6.48. The molecule has 98 valence electrons. The van der Waals surface area contributed by atoms with Gasteiger partial charge in [-0.15, -0.1) is 0 Å². The van der Waals surface area contributed by atoms with Gasteiger partial charge in [0.15, 0.2) is 0 Å². The summed E-state index contributed by atoms with van der Waals surface area (Å²) in [4.78, 5) is 0. The summed E-state index contributed by atoms with van der Waals surface area (Å²) in [7, 11) is 0. The number of hydrogen-bond donors (Lipinski definition) is 1. The van der Waals surface area contributed by atoms with Gasteiger partial charge in [0.25, 0.3) is 0 Å². The van der Waals surface area contributed by atoms with Gasteiger partial charge in [0.1, 0.15) is 0 Å². The summed E-state index contributed by atoms with van der Waals surface area (Å²) in [6.07, 6.45) is 1.10. The van der Waals surface area contributed by atoms with E-state index >= 15 is 0 Å². The lowest BCUT2D eigenvalue weighted by Gasteiger charge is -2.43. The maximum absolute atomic E-state index is 3.56. The van der Waals surface area contributed by atoms with E-state index in [1.54, 1.807) is 0 Å². The first kappa shape index (κ1) is 12.9. The molecule has 0 aromatic heterocycles. The van der Waals surface area contributed by atoms with Gasteiger partial charge in [-0.05, 0) is 36.6 Å². The molecule has 1 saturated heterocycles. The lowest BCUT2D eigenvalue weighted by Crippen LogP contribution is -2.58. The Hall–Kier alpha value is -1.12. The van der Waals surface area contributed by atoms with Gasteiger partial charge < -0.3 is 5.32 Å². The van der Waals surface area contributed by atoms with Gasteiger partial charge in [-0.3, -0.25) is 0 Å². The van der Waals surface area contributed by atoms with Crippen LogP contribution in [0, 0.1) is 6.92 Å². The summed E-state index contributed by atoms with van der Waals surface area (Å²) in [5.41, 5.74) is 4.48. The fraction of sp³-hybridized carbons (Fsp3) is 0.294. The molecule has 19 heavy (non-hydrogen) atoms. The van der Waals surface area contributed by atoms with Crippen LogP contribution < -0.4 is 5.32 Å². The molecule has 0 radical (unpaired) electrons. The third-order valence-corrected chi connectivity index (χ3v) is 4.48. The summed E-state index contributed by atoms with van der Waals surface area (Å²) >= 11 is 3.56. The maximum Gasteiger partial charge on any atom is 0.0243 e. The molecule has 2 heteroatoms. The zero-order valence-electron chi connectivity index (χ0n) is 11.1. The maximum atomic E-state index is 3.56. The minimum atomic E-state index is 0.271. The van der Waals surface area contributed by atoms with Crippen molar-refractivity contribution in [2.45, 2.75) is 18.8 Å². The highest BCUT2D eigenvalue weighted by Crippen LogP contribution is 2.33. The monoisotopic (exact) mass is 315 g/mol. The quantitative estimate of drug-likeness (QED) is 0.907. The van der Waals surface area contributed by atoms with Crippen LogP contribution in [-0.4, -0.2) is 13.1 Å². The standard InChI is InChI=1S/C17H18BrN/c1-13-4-2-6-15(8-13)17(11-19-12-17)10-14-5-3-7-16(18)9-14/h2-9,19H,10-12H2,1H3. The highest BCUT2D eigenvalue weighted by Gasteiger charge is 2.38. The Balaban J connectivity index is 1.91. The van der Waals surface area contributed by atoms with E-state index in [1.165, 1.54) is 16.7 Å². The second kappa shape index (κ2) is 5.10. The van der Waals surface area contributed by atoms with Crippen LogP contribution in [0.4, 0.5) is 0 Å². The van der Waals surface area contributed by atoms with E-state index in [0.29, 0.717) is 0 Å². The topological polar surface area (TPSA) is 12.0 Å². The first-order chi connectivity index (χ1) is 9.18. The highest BCUT2D eigenvalue weighted by atomic mass is 79.9. The minimum absolute atomic E-state index is 0.271. The van der Waals surface area contributed by atoms with E-state index in [-0.39, 0.29) is 5.41 Å². The Morgan fingerprint density at radius 1 is 1.11 bits per heavy atom. The molecular weight excluding hydrogens is 298 g/mol. The predicted molar refractivity (Wildman–Crippen MR) is 83.6 cm³/mol. The van der Waals surface area contributed by atoms with Gasteiger partial charge in [-0.1, -0.05) is 57.9 Å².